The lowest BCUT2D eigenvalue weighted by molar-refractivity contribution is -0.138. The zero-order valence-electron chi connectivity index (χ0n) is 15.7. The molecular formula is C20H22ClFN2O3. The van der Waals surface area contributed by atoms with Crippen molar-refractivity contribution >= 4 is 29.1 Å². The highest BCUT2D eigenvalue weighted by Gasteiger charge is 2.36. The van der Waals surface area contributed by atoms with Crippen molar-refractivity contribution in [3.05, 3.63) is 58.4 Å². The Bertz CT molecular complexity index is 851. The molecule has 0 atom stereocenters. The standard InChI is InChI=1S/C20H22ClFN2O3/c1-12-9-16(17(27-4)10-15(12)21)24-19(26)20(2,3)18(25)23-11-13-5-7-14(22)8-6-13/h5-10H,11H2,1-4H3,(H,23,25)(H,24,26). The van der Waals surface area contributed by atoms with E-state index in [1.165, 1.54) is 33.1 Å². The van der Waals surface area contributed by atoms with Gasteiger partial charge in [0.2, 0.25) is 11.8 Å². The van der Waals surface area contributed by atoms with E-state index in [1.54, 1.807) is 31.2 Å². The van der Waals surface area contributed by atoms with Gasteiger partial charge in [0.05, 0.1) is 12.8 Å². The number of benzene rings is 2. The van der Waals surface area contributed by atoms with E-state index in [4.69, 9.17) is 16.3 Å². The molecule has 2 aromatic carbocycles. The highest BCUT2D eigenvalue weighted by atomic mass is 35.5. The molecule has 0 saturated heterocycles. The van der Waals surface area contributed by atoms with E-state index < -0.39 is 17.2 Å². The molecule has 0 aliphatic rings. The van der Waals surface area contributed by atoms with Crippen molar-refractivity contribution in [1.29, 1.82) is 0 Å². The van der Waals surface area contributed by atoms with Crippen LogP contribution in [0.25, 0.3) is 0 Å². The van der Waals surface area contributed by atoms with Crippen LogP contribution in [0, 0.1) is 18.2 Å². The van der Waals surface area contributed by atoms with Gasteiger partial charge in [-0.25, -0.2) is 4.39 Å². The molecule has 0 fully saturated rings. The fourth-order valence-electron chi connectivity index (χ4n) is 2.32. The van der Waals surface area contributed by atoms with Crippen molar-refractivity contribution in [3.63, 3.8) is 0 Å². The summed E-state index contributed by atoms with van der Waals surface area (Å²) >= 11 is 6.07. The number of methoxy groups -OCH3 is 1. The van der Waals surface area contributed by atoms with Gasteiger partial charge in [0.25, 0.3) is 0 Å². The molecule has 0 aromatic heterocycles. The number of carbonyl (C=O) groups is 2. The van der Waals surface area contributed by atoms with Crippen LogP contribution in [0.5, 0.6) is 5.75 Å². The fraction of sp³-hybridized carbons (Fsp3) is 0.300. The number of amides is 2. The van der Waals surface area contributed by atoms with Gasteiger partial charge in [0, 0.05) is 17.6 Å². The summed E-state index contributed by atoms with van der Waals surface area (Å²) in [5.74, 6) is -0.883. The minimum atomic E-state index is -1.33. The van der Waals surface area contributed by atoms with Crippen molar-refractivity contribution in [2.75, 3.05) is 12.4 Å². The molecule has 144 valence electrons. The van der Waals surface area contributed by atoms with Crippen LogP contribution >= 0.6 is 11.6 Å². The van der Waals surface area contributed by atoms with E-state index in [1.807, 2.05) is 0 Å². The van der Waals surface area contributed by atoms with Crippen molar-refractivity contribution in [3.8, 4) is 5.75 Å². The highest BCUT2D eigenvalue weighted by Crippen LogP contribution is 2.32. The SMILES string of the molecule is COc1cc(Cl)c(C)cc1NC(=O)C(C)(C)C(=O)NCc1ccc(F)cc1. The number of aryl methyl sites for hydroxylation is 1. The third kappa shape index (κ3) is 4.98. The topological polar surface area (TPSA) is 67.4 Å². The second kappa shape index (κ2) is 8.39. The Morgan fingerprint density at radius 1 is 1.15 bits per heavy atom. The van der Waals surface area contributed by atoms with Crippen molar-refractivity contribution < 1.29 is 18.7 Å². The van der Waals surface area contributed by atoms with Crippen molar-refractivity contribution in [2.45, 2.75) is 27.3 Å². The Labute approximate surface area is 162 Å². The number of halogens is 2. The summed E-state index contributed by atoms with van der Waals surface area (Å²) in [4.78, 5) is 25.2. The number of rotatable bonds is 6. The normalized spacial score (nSPS) is 11.0. The Kier molecular flexibility index (Phi) is 6.44. The summed E-state index contributed by atoms with van der Waals surface area (Å²) in [6.45, 7) is 5.05. The first-order valence-electron chi connectivity index (χ1n) is 8.33. The Hall–Kier alpha value is -2.60. The Balaban J connectivity index is 2.08. The number of hydrogen-bond donors (Lipinski definition) is 2. The molecule has 0 spiro atoms. The molecule has 2 rings (SSSR count). The molecule has 0 saturated carbocycles. The Morgan fingerprint density at radius 3 is 2.37 bits per heavy atom. The minimum Gasteiger partial charge on any atom is -0.495 e. The van der Waals surface area contributed by atoms with E-state index >= 15 is 0 Å². The molecule has 27 heavy (non-hydrogen) atoms. The van der Waals surface area contributed by atoms with Crippen LogP contribution in [-0.2, 0) is 16.1 Å². The van der Waals surface area contributed by atoms with Gasteiger partial charge in [-0.3, -0.25) is 9.59 Å². The lowest BCUT2D eigenvalue weighted by Crippen LogP contribution is -2.44. The molecular weight excluding hydrogens is 371 g/mol. The number of ether oxygens (including phenoxy) is 1. The molecule has 0 aliphatic carbocycles. The van der Waals surface area contributed by atoms with Crippen LogP contribution in [-0.4, -0.2) is 18.9 Å². The number of anilines is 1. The van der Waals surface area contributed by atoms with Crippen LogP contribution in [0.4, 0.5) is 10.1 Å². The van der Waals surface area contributed by atoms with Crippen LogP contribution in [0.2, 0.25) is 5.02 Å². The zero-order valence-corrected chi connectivity index (χ0v) is 16.4. The number of nitrogens with one attached hydrogen (secondary N) is 2. The van der Waals surface area contributed by atoms with Crippen LogP contribution < -0.4 is 15.4 Å². The van der Waals surface area contributed by atoms with Gasteiger partial charge in [-0.15, -0.1) is 0 Å². The van der Waals surface area contributed by atoms with E-state index in [2.05, 4.69) is 10.6 Å². The Morgan fingerprint density at radius 2 is 1.78 bits per heavy atom. The van der Waals surface area contributed by atoms with E-state index in [-0.39, 0.29) is 12.4 Å². The quantitative estimate of drug-likeness (QED) is 0.728. The molecule has 0 aliphatic heterocycles. The lowest BCUT2D eigenvalue weighted by Gasteiger charge is -2.23. The van der Waals surface area contributed by atoms with Crippen molar-refractivity contribution in [1.82, 2.24) is 5.32 Å². The van der Waals surface area contributed by atoms with Crippen molar-refractivity contribution in [2.24, 2.45) is 5.41 Å². The fourth-order valence-corrected chi connectivity index (χ4v) is 2.47. The maximum absolute atomic E-state index is 12.9. The van der Waals surface area contributed by atoms with Gasteiger partial charge >= 0.3 is 0 Å². The second-order valence-electron chi connectivity index (χ2n) is 6.69. The zero-order chi connectivity index (χ0) is 20.2. The molecule has 0 bridgehead atoms. The van der Waals surface area contributed by atoms with Gasteiger partial charge < -0.3 is 15.4 Å². The second-order valence-corrected chi connectivity index (χ2v) is 7.10. The third-order valence-electron chi connectivity index (χ3n) is 4.23. The molecule has 0 radical (unpaired) electrons. The number of hydrogen-bond acceptors (Lipinski definition) is 3. The molecule has 0 heterocycles. The predicted octanol–water partition coefficient (Wildman–Crippen LogP) is 4.08. The molecule has 2 amide bonds. The maximum atomic E-state index is 12.9. The van der Waals surface area contributed by atoms with Gasteiger partial charge in [0.15, 0.2) is 0 Å². The molecule has 2 N–H and O–H groups in total. The summed E-state index contributed by atoms with van der Waals surface area (Å²) in [6.07, 6.45) is 0. The molecule has 5 nitrogen and oxygen atoms in total. The average molecular weight is 393 g/mol. The average Bonchev–Trinajstić information content (AvgIpc) is 2.63. The first-order valence-corrected chi connectivity index (χ1v) is 8.71. The van der Waals surface area contributed by atoms with Gasteiger partial charge in [-0.05, 0) is 50.1 Å². The van der Waals surface area contributed by atoms with Crippen LogP contribution in [0.1, 0.15) is 25.0 Å². The summed E-state index contributed by atoms with van der Waals surface area (Å²) in [6, 6.07) is 9.07. The first-order chi connectivity index (χ1) is 12.6. The van der Waals surface area contributed by atoms with Gasteiger partial charge in [-0.2, -0.15) is 0 Å². The van der Waals surface area contributed by atoms with Crippen LogP contribution in [0.15, 0.2) is 36.4 Å². The minimum absolute atomic E-state index is 0.194. The number of carbonyl (C=O) groups excluding carboxylic acids is 2. The third-order valence-corrected chi connectivity index (χ3v) is 4.64. The monoisotopic (exact) mass is 392 g/mol. The molecule has 2 aromatic rings. The summed E-state index contributed by atoms with van der Waals surface area (Å²) in [5.41, 5.74) is 0.601. The van der Waals surface area contributed by atoms with Gasteiger partial charge in [-0.1, -0.05) is 23.7 Å². The molecule has 0 unspecified atom stereocenters. The van der Waals surface area contributed by atoms with E-state index in [9.17, 15) is 14.0 Å². The smallest absolute Gasteiger partial charge is 0.239 e. The van der Waals surface area contributed by atoms with Gasteiger partial charge in [0.1, 0.15) is 17.0 Å². The molecule has 7 heteroatoms. The highest BCUT2D eigenvalue weighted by molar-refractivity contribution is 6.31. The lowest BCUT2D eigenvalue weighted by atomic mass is 9.90. The summed E-state index contributed by atoms with van der Waals surface area (Å²) in [7, 11) is 1.47. The van der Waals surface area contributed by atoms with E-state index in [0.717, 1.165) is 11.1 Å². The predicted molar refractivity (Wildman–Crippen MR) is 103 cm³/mol. The summed E-state index contributed by atoms with van der Waals surface area (Å²) < 4.78 is 18.2. The van der Waals surface area contributed by atoms with Crippen LogP contribution in [0.3, 0.4) is 0 Å². The largest absolute Gasteiger partial charge is 0.495 e. The maximum Gasteiger partial charge on any atom is 0.239 e. The summed E-state index contributed by atoms with van der Waals surface area (Å²) in [5, 5.41) is 5.94. The van der Waals surface area contributed by atoms with E-state index in [0.29, 0.717) is 16.5 Å². The first kappa shape index (κ1) is 20.7.